The van der Waals surface area contributed by atoms with Crippen molar-refractivity contribution in [3.05, 3.63) is 75.2 Å². The summed E-state index contributed by atoms with van der Waals surface area (Å²) in [4.78, 5) is 37.5. The fourth-order valence-corrected chi connectivity index (χ4v) is 5.37. The Morgan fingerprint density at radius 2 is 1.88 bits per heavy atom. The lowest BCUT2D eigenvalue weighted by Gasteiger charge is -2.43. The molecule has 0 radical (unpaired) electrons. The number of pyridine rings is 1. The van der Waals surface area contributed by atoms with E-state index in [0.29, 0.717) is 29.7 Å². The van der Waals surface area contributed by atoms with Crippen molar-refractivity contribution in [3.8, 4) is 11.3 Å². The van der Waals surface area contributed by atoms with Gasteiger partial charge >= 0.3 is 0 Å². The lowest BCUT2D eigenvalue weighted by Crippen LogP contribution is -2.52. The molecular formula is C25H26BrN5O2. The highest BCUT2D eigenvalue weighted by Crippen LogP contribution is 2.32. The molecule has 7 nitrogen and oxygen atoms in total. The van der Waals surface area contributed by atoms with Crippen LogP contribution in [0.2, 0.25) is 0 Å². The van der Waals surface area contributed by atoms with Crippen LogP contribution in [0.1, 0.15) is 29.6 Å². The largest absolute Gasteiger partial charge is 0.331 e. The lowest BCUT2D eigenvalue weighted by atomic mass is 9.86. The van der Waals surface area contributed by atoms with Gasteiger partial charge in [-0.25, -0.2) is 4.98 Å². The predicted molar refractivity (Wildman–Crippen MR) is 132 cm³/mol. The molecule has 1 unspecified atom stereocenters. The molecule has 170 valence electrons. The highest BCUT2D eigenvalue weighted by molar-refractivity contribution is 9.10. The van der Waals surface area contributed by atoms with Crippen molar-refractivity contribution >= 4 is 27.7 Å². The van der Waals surface area contributed by atoms with Gasteiger partial charge in [0.2, 0.25) is 5.95 Å². The Balaban J connectivity index is 1.56. The summed E-state index contributed by atoms with van der Waals surface area (Å²) in [6.07, 6.45) is 6.33. The zero-order valence-electron chi connectivity index (χ0n) is 18.3. The number of Topliss-reactive ketones (excluding diaryl/α,β-unsaturated/α-hetero) is 1. The van der Waals surface area contributed by atoms with Crippen molar-refractivity contribution in [1.82, 2.24) is 19.9 Å². The van der Waals surface area contributed by atoms with E-state index in [1.165, 1.54) is 0 Å². The minimum Gasteiger partial charge on any atom is -0.331 e. The maximum absolute atomic E-state index is 13.3. The molecule has 8 heteroatoms. The third kappa shape index (κ3) is 4.63. The number of carbonyl (C=O) groups excluding carboxylic acids is 1. The van der Waals surface area contributed by atoms with Gasteiger partial charge in [-0.2, -0.15) is 0 Å². The van der Waals surface area contributed by atoms with Crippen LogP contribution in [0, 0.1) is 5.92 Å². The van der Waals surface area contributed by atoms with E-state index >= 15 is 0 Å². The molecule has 0 amide bonds. The molecule has 1 atom stereocenters. The first-order chi connectivity index (χ1) is 16.1. The van der Waals surface area contributed by atoms with Crippen LogP contribution in [-0.2, 0) is 6.54 Å². The SMILES string of the molecule is O=C(CN1c2nc(-c3ccncc3)cc(=O)n2CCC1C1CCNCC1)c1cccc(Br)c1. The van der Waals surface area contributed by atoms with E-state index in [2.05, 4.69) is 31.1 Å². The average molecular weight is 508 g/mol. The Bertz CT molecular complexity index is 1210. The highest BCUT2D eigenvalue weighted by Gasteiger charge is 2.36. The second-order valence-corrected chi connectivity index (χ2v) is 9.59. The Hall–Kier alpha value is -2.84. The minimum atomic E-state index is -0.0875. The van der Waals surface area contributed by atoms with Crippen LogP contribution < -0.4 is 15.8 Å². The second-order valence-electron chi connectivity index (χ2n) is 8.67. The Kier molecular flexibility index (Phi) is 6.37. The number of piperidine rings is 1. The molecule has 33 heavy (non-hydrogen) atoms. The number of nitrogens with zero attached hydrogens (tertiary/aromatic N) is 4. The number of aromatic nitrogens is 3. The van der Waals surface area contributed by atoms with Crippen molar-refractivity contribution in [1.29, 1.82) is 0 Å². The molecule has 4 heterocycles. The number of halogens is 1. The molecule has 0 spiro atoms. The molecule has 5 rings (SSSR count). The number of nitrogens with one attached hydrogen (secondary N) is 1. The van der Waals surface area contributed by atoms with Gasteiger partial charge in [-0.3, -0.25) is 19.1 Å². The summed E-state index contributed by atoms with van der Waals surface area (Å²) >= 11 is 3.47. The first kappa shape index (κ1) is 22.0. The van der Waals surface area contributed by atoms with Gasteiger partial charge in [-0.1, -0.05) is 28.1 Å². The number of carbonyl (C=O) groups is 1. The quantitative estimate of drug-likeness (QED) is 0.532. The zero-order valence-corrected chi connectivity index (χ0v) is 19.9. The molecule has 2 aliphatic rings. The average Bonchev–Trinajstić information content (AvgIpc) is 2.85. The number of anilines is 1. The Labute approximate surface area is 201 Å². The van der Waals surface area contributed by atoms with Crippen molar-refractivity contribution < 1.29 is 4.79 Å². The summed E-state index contributed by atoms with van der Waals surface area (Å²) in [5.74, 6) is 1.07. The van der Waals surface area contributed by atoms with Gasteiger partial charge in [-0.05, 0) is 62.5 Å². The van der Waals surface area contributed by atoms with E-state index < -0.39 is 0 Å². The van der Waals surface area contributed by atoms with Crippen LogP contribution in [0.3, 0.4) is 0 Å². The number of rotatable bonds is 5. The van der Waals surface area contributed by atoms with Crippen LogP contribution >= 0.6 is 15.9 Å². The molecular weight excluding hydrogens is 482 g/mol. The molecule has 0 aliphatic carbocycles. The van der Waals surface area contributed by atoms with E-state index in [9.17, 15) is 9.59 Å². The minimum absolute atomic E-state index is 0.0206. The first-order valence-corrected chi connectivity index (χ1v) is 12.2. The number of fused-ring (bicyclic) bond motifs is 1. The molecule has 0 saturated carbocycles. The van der Waals surface area contributed by atoms with Crippen LogP contribution in [0.4, 0.5) is 5.95 Å². The number of ketones is 1. The van der Waals surface area contributed by atoms with Crippen LogP contribution in [0.5, 0.6) is 0 Å². The molecule has 1 N–H and O–H groups in total. The van der Waals surface area contributed by atoms with E-state index in [1.54, 1.807) is 23.0 Å². The summed E-state index contributed by atoms with van der Waals surface area (Å²) in [6.45, 7) is 2.77. The molecule has 1 aromatic carbocycles. The van der Waals surface area contributed by atoms with Crippen molar-refractivity contribution in [2.24, 2.45) is 5.92 Å². The number of hydrogen-bond donors (Lipinski definition) is 1. The third-order valence-electron chi connectivity index (χ3n) is 6.66. The Morgan fingerprint density at radius 1 is 1.09 bits per heavy atom. The summed E-state index contributed by atoms with van der Waals surface area (Å²) < 4.78 is 2.59. The second kappa shape index (κ2) is 9.57. The van der Waals surface area contributed by atoms with Gasteiger partial charge in [0.05, 0.1) is 12.2 Å². The molecule has 1 saturated heterocycles. The standard InChI is InChI=1S/C25H26BrN5O2/c26-20-3-1-2-19(14-20)23(32)16-31-22(18-6-11-28-12-7-18)8-13-30-24(33)15-21(29-25(30)31)17-4-9-27-10-5-17/h1-5,9-10,14-15,18,22,28H,6-8,11-13,16H2. The zero-order chi connectivity index (χ0) is 22.8. The topological polar surface area (TPSA) is 80.1 Å². The van der Waals surface area contributed by atoms with Gasteiger partial charge in [-0.15, -0.1) is 0 Å². The molecule has 3 aromatic rings. The van der Waals surface area contributed by atoms with E-state index in [4.69, 9.17) is 4.98 Å². The predicted octanol–water partition coefficient (Wildman–Crippen LogP) is 3.53. The van der Waals surface area contributed by atoms with Gasteiger partial charge in [0.1, 0.15) is 0 Å². The van der Waals surface area contributed by atoms with Crippen molar-refractivity contribution in [2.45, 2.75) is 31.8 Å². The van der Waals surface area contributed by atoms with E-state index in [-0.39, 0.29) is 23.9 Å². The summed E-state index contributed by atoms with van der Waals surface area (Å²) in [5, 5.41) is 3.43. The number of benzene rings is 1. The van der Waals surface area contributed by atoms with Gasteiger partial charge in [0, 0.05) is 46.6 Å². The van der Waals surface area contributed by atoms with E-state index in [1.807, 2.05) is 36.4 Å². The summed E-state index contributed by atoms with van der Waals surface area (Å²) in [6, 6.07) is 12.9. The fraction of sp³-hybridized carbons (Fsp3) is 0.360. The highest BCUT2D eigenvalue weighted by atomic mass is 79.9. The maximum Gasteiger partial charge on any atom is 0.255 e. The normalized spacial score (nSPS) is 18.7. The van der Waals surface area contributed by atoms with Crippen LogP contribution in [0.15, 0.2) is 64.1 Å². The van der Waals surface area contributed by atoms with Crippen molar-refractivity contribution in [2.75, 3.05) is 24.5 Å². The van der Waals surface area contributed by atoms with Gasteiger partial charge in [0.25, 0.3) is 5.56 Å². The fourth-order valence-electron chi connectivity index (χ4n) is 4.97. The monoisotopic (exact) mass is 507 g/mol. The molecule has 0 bridgehead atoms. The molecule has 2 aliphatic heterocycles. The van der Waals surface area contributed by atoms with Crippen LogP contribution in [-0.4, -0.2) is 46.0 Å². The summed E-state index contributed by atoms with van der Waals surface area (Å²) in [5.41, 5.74) is 2.01. The first-order valence-electron chi connectivity index (χ1n) is 11.4. The molecule has 2 aromatic heterocycles. The lowest BCUT2D eigenvalue weighted by molar-refractivity contribution is 0.0990. The van der Waals surface area contributed by atoms with Crippen LogP contribution in [0.25, 0.3) is 11.3 Å². The van der Waals surface area contributed by atoms with Crippen molar-refractivity contribution in [3.63, 3.8) is 0 Å². The molecule has 1 fully saturated rings. The smallest absolute Gasteiger partial charge is 0.255 e. The van der Waals surface area contributed by atoms with Gasteiger partial charge in [0.15, 0.2) is 5.78 Å². The summed E-state index contributed by atoms with van der Waals surface area (Å²) in [7, 11) is 0. The van der Waals surface area contributed by atoms with E-state index in [0.717, 1.165) is 42.4 Å². The Morgan fingerprint density at radius 3 is 2.64 bits per heavy atom. The van der Waals surface area contributed by atoms with Gasteiger partial charge < -0.3 is 10.2 Å². The number of hydrogen-bond acceptors (Lipinski definition) is 6. The maximum atomic E-state index is 13.3. The third-order valence-corrected chi connectivity index (χ3v) is 7.15.